The maximum atomic E-state index is 12.7. The zero-order valence-electron chi connectivity index (χ0n) is 48.4. The fraction of sp³-hybridized carbons (Fsp3) is 0.952. The van der Waals surface area contributed by atoms with Crippen molar-refractivity contribution < 1.29 is 38.4 Å². The van der Waals surface area contributed by atoms with E-state index in [0.717, 1.165) is 135 Å². The Hall–Kier alpha value is -1.55. The van der Waals surface area contributed by atoms with Crippen LogP contribution in [0.25, 0.3) is 0 Å². The molecule has 71 heavy (non-hydrogen) atoms. The van der Waals surface area contributed by atoms with E-state index < -0.39 is 5.60 Å². The minimum Gasteiger partial charge on any atom is -0.466 e. The van der Waals surface area contributed by atoms with Crippen molar-refractivity contribution in [2.45, 2.75) is 329 Å². The summed E-state index contributed by atoms with van der Waals surface area (Å²) in [5.41, 5.74) is -0.641. The molecule has 0 spiro atoms. The first-order valence-corrected chi connectivity index (χ1v) is 31.0. The Morgan fingerprint density at radius 3 is 1.24 bits per heavy atom. The lowest BCUT2D eigenvalue weighted by molar-refractivity contribution is -0.150. The molecule has 0 aromatic carbocycles. The third-order valence-corrected chi connectivity index (χ3v) is 14.7. The van der Waals surface area contributed by atoms with Crippen molar-refractivity contribution in [3.63, 3.8) is 0 Å². The topological polar surface area (TPSA) is 112 Å². The predicted molar refractivity (Wildman–Crippen MR) is 300 cm³/mol. The van der Waals surface area contributed by atoms with E-state index in [0.29, 0.717) is 26.1 Å². The molecule has 1 N–H and O–H groups in total. The van der Waals surface area contributed by atoms with E-state index in [1.165, 1.54) is 148 Å². The Morgan fingerprint density at radius 2 is 0.803 bits per heavy atom. The number of carbonyl (C=O) groups is 3. The van der Waals surface area contributed by atoms with Gasteiger partial charge in [0.05, 0.1) is 43.4 Å². The molecule has 422 valence electrons. The lowest BCUT2D eigenvalue weighted by Crippen LogP contribution is -2.34. The summed E-state index contributed by atoms with van der Waals surface area (Å²) in [5, 5.41) is 11.6. The second kappa shape index (κ2) is 51.9. The highest BCUT2D eigenvalue weighted by molar-refractivity contribution is 5.76. The van der Waals surface area contributed by atoms with Gasteiger partial charge in [-0.2, -0.15) is 0 Å². The number of unbranched alkanes of at least 4 members (excludes halogenated alkanes) is 26. The average Bonchev–Trinajstić information content (AvgIpc) is 3.35. The molecule has 0 amide bonds. The van der Waals surface area contributed by atoms with E-state index in [9.17, 15) is 19.5 Å². The van der Waals surface area contributed by atoms with Gasteiger partial charge >= 0.3 is 11.9 Å². The highest BCUT2D eigenvalue weighted by atomic mass is 16.5. The van der Waals surface area contributed by atoms with Gasteiger partial charge in [-0.1, -0.05) is 214 Å². The van der Waals surface area contributed by atoms with Crippen molar-refractivity contribution in [3.05, 3.63) is 0 Å². The number of nitrogens with zero attached hydrogens (tertiary/aromatic N) is 1. The number of ketones is 1. The van der Waals surface area contributed by atoms with E-state index in [4.69, 9.17) is 18.9 Å². The quantitative estimate of drug-likeness (QED) is 0.0470. The Bertz CT molecular complexity index is 1130. The molecule has 1 saturated heterocycles. The zero-order valence-corrected chi connectivity index (χ0v) is 48.4. The van der Waals surface area contributed by atoms with Crippen LogP contribution in [0.1, 0.15) is 311 Å². The number of hydrogen-bond donors (Lipinski definition) is 1. The minimum absolute atomic E-state index is 0.0225. The lowest BCUT2D eigenvalue weighted by Gasteiger charge is -2.29. The molecule has 0 aromatic heterocycles. The first-order chi connectivity index (χ1) is 34.5. The van der Waals surface area contributed by atoms with Gasteiger partial charge in [-0.25, -0.2) is 0 Å². The molecule has 0 saturated carbocycles. The van der Waals surface area contributed by atoms with Crippen LogP contribution >= 0.6 is 0 Å². The van der Waals surface area contributed by atoms with E-state index in [-0.39, 0.29) is 35.8 Å². The van der Waals surface area contributed by atoms with Crippen LogP contribution in [0.3, 0.4) is 0 Å². The summed E-state index contributed by atoms with van der Waals surface area (Å²) in [5.74, 6) is 0.147. The molecule has 3 unspecified atom stereocenters. The van der Waals surface area contributed by atoms with E-state index in [2.05, 4.69) is 46.6 Å². The van der Waals surface area contributed by atoms with Gasteiger partial charge in [0, 0.05) is 19.6 Å². The van der Waals surface area contributed by atoms with Gasteiger partial charge in [-0.3, -0.25) is 14.4 Å². The maximum Gasteiger partial charge on any atom is 0.309 e. The van der Waals surface area contributed by atoms with Crippen LogP contribution in [-0.4, -0.2) is 92.1 Å². The fourth-order valence-corrected chi connectivity index (χ4v) is 9.89. The first-order valence-electron chi connectivity index (χ1n) is 31.0. The summed E-state index contributed by atoms with van der Waals surface area (Å²) in [6.45, 7) is 17.3. The van der Waals surface area contributed by atoms with Gasteiger partial charge in [0.1, 0.15) is 5.78 Å². The van der Waals surface area contributed by atoms with Crippen LogP contribution in [-0.2, 0) is 33.3 Å². The second-order valence-corrected chi connectivity index (χ2v) is 22.0. The van der Waals surface area contributed by atoms with E-state index in [1.54, 1.807) is 6.92 Å². The van der Waals surface area contributed by atoms with E-state index >= 15 is 0 Å². The van der Waals surface area contributed by atoms with Crippen molar-refractivity contribution >= 4 is 17.7 Å². The zero-order chi connectivity index (χ0) is 52.3. The number of hydrogen-bond acceptors (Lipinski definition) is 9. The van der Waals surface area contributed by atoms with E-state index in [1.807, 2.05) is 0 Å². The Labute approximate surface area is 440 Å². The average molecular weight is 1010 g/mol. The highest BCUT2D eigenvalue weighted by Crippen LogP contribution is 2.29. The van der Waals surface area contributed by atoms with Crippen LogP contribution in [0, 0.1) is 5.92 Å². The van der Waals surface area contributed by atoms with Crippen LogP contribution in [0.15, 0.2) is 0 Å². The summed E-state index contributed by atoms with van der Waals surface area (Å²) in [4.78, 5) is 38.7. The summed E-state index contributed by atoms with van der Waals surface area (Å²) in [6.07, 6.45) is 46.6. The maximum absolute atomic E-state index is 12.7. The molecule has 1 aliphatic heterocycles. The van der Waals surface area contributed by atoms with Crippen LogP contribution in [0.2, 0.25) is 0 Å². The summed E-state index contributed by atoms with van der Waals surface area (Å²) in [7, 11) is 2.10. The molecule has 1 aliphatic rings. The third-order valence-electron chi connectivity index (χ3n) is 14.7. The summed E-state index contributed by atoms with van der Waals surface area (Å²) in [6, 6.07) is 0. The third kappa shape index (κ3) is 46.7. The molecule has 0 radical (unpaired) electrons. The van der Waals surface area contributed by atoms with Crippen molar-refractivity contribution in [2.24, 2.45) is 5.92 Å². The Balaban J connectivity index is 0.00000195. The normalized spacial score (nSPS) is 14.9. The molecule has 1 heterocycles. The number of piperidine rings is 1. The Kier molecular flexibility index (Phi) is 50.8. The highest BCUT2D eigenvalue weighted by Gasteiger charge is 2.27. The van der Waals surface area contributed by atoms with Crippen LogP contribution in [0.4, 0.5) is 0 Å². The van der Waals surface area contributed by atoms with Gasteiger partial charge < -0.3 is 29.0 Å². The minimum atomic E-state index is -0.641. The van der Waals surface area contributed by atoms with Gasteiger partial charge in [-0.15, -0.1) is 0 Å². The van der Waals surface area contributed by atoms with Gasteiger partial charge in [0.15, 0.2) is 0 Å². The lowest BCUT2D eigenvalue weighted by atomic mass is 9.85. The van der Waals surface area contributed by atoms with Crippen molar-refractivity contribution in [1.29, 1.82) is 0 Å². The number of likely N-dealkylation sites (tertiary alicyclic amines) is 1. The second-order valence-electron chi connectivity index (χ2n) is 22.0. The number of carbonyl (C=O) groups excluding carboxylic acids is 3. The van der Waals surface area contributed by atoms with Gasteiger partial charge in [-0.05, 0) is 104 Å². The number of ether oxygens (including phenoxy) is 4. The number of Topliss-reactive ketones (excluding diaryl/α,β-unsaturated/α-hetero) is 1. The summed E-state index contributed by atoms with van der Waals surface area (Å²) >= 11 is 0. The first kappa shape index (κ1) is 69.5. The molecule has 1 fully saturated rings. The van der Waals surface area contributed by atoms with Crippen molar-refractivity contribution in [2.75, 3.05) is 46.6 Å². The smallest absolute Gasteiger partial charge is 0.309 e. The molecule has 9 heteroatoms. The van der Waals surface area contributed by atoms with Crippen molar-refractivity contribution in [1.82, 2.24) is 4.90 Å². The number of esters is 2. The Morgan fingerprint density at radius 1 is 0.465 bits per heavy atom. The van der Waals surface area contributed by atoms with Crippen molar-refractivity contribution in [3.8, 4) is 0 Å². The van der Waals surface area contributed by atoms with Gasteiger partial charge in [0.2, 0.25) is 0 Å². The number of aliphatic hydroxyl groups is 1. The van der Waals surface area contributed by atoms with Crippen LogP contribution in [0.5, 0.6) is 0 Å². The largest absolute Gasteiger partial charge is 0.466 e. The molecule has 0 aliphatic carbocycles. The molecular formula is C62H121NO8. The SMILES string of the molecule is CCCCCCCCC(CC(=O)OCCCCCCC(O)(CCCCCCC)CCCCOC(=O)C1CCN(C)CC1)OCCCCCCC.CCCCCCCCC(CC(C)=O)OCCCCCCC. The molecular weight excluding hydrogens is 887 g/mol. The standard InChI is InChI=1S/C43H83NO6.C19H38O2/c1-5-8-11-14-15-20-27-40(48-35-24-18-13-10-7-3)38-41(45)49-36-25-19-17-22-31-43(47,30-21-16-12-9-6-2)32-23-26-37-50-42(46)39-28-33-44(4)34-29-39;1-4-6-8-10-11-13-15-19(17-18(3)20)21-16-14-12-9-7-5-2/h39-40,47H,5-38H2,1-4H3;19H,4-17H2,1-3H3. The fourth-order valence-electron chi connectivity index (χ4n) is 9.89. The molecule has 1 rings (SSSR count). The van der Waals surface area contributed by atoms with Gasteiger partial charge in [0.25, 0.3) is 0 Å². The monoisotopic (exact) mass is 1010 g/mol. The summed E-state index contributed by atoms with van der Waals surface area (Å²) < 4.78 is 23.4. The molecule has 0 bridgehead atoms. The molecule has 3 atom stereocenters. The van der Waals surface area contributed by atoms with Crippen LogP contribution < -0.4 is 0 Å². The number of rotatable bonds is 51. The molecule has 9 nitrogen and oxygen atoms in total. The predicted octanol–water partition coefficient (Wildman–Crippen LogP) is 17.2. The molecule has 0 aromatic rings.